The molecule has 0 unspecified atom stereocenters. The van der Waals surface area contributed by atoms with Crippen LogP contribution in [0.4, 0.5) is 4.39 Å². The Bertz CT molecular complexity index is 1240. The van der Waals surface area contributed by atoms with Gasteiger partial charge in [0, 0.05) is 31.1 Å². The first-order valence-corrected chi connectivity index (χ1v) is 8.32. The number of benzene rings is 1. The van der Waals surface area contributed by atoms with E-state index in [0.717, 1.165) is 0 Å². The Labute approximate surface area is 153 Å². The molecule has 0 saturated carbocycles. The van der Waals surface area contributed by atoms with E-state index in [1.54, 1.807) is 36.0 Å². The van der Waals surface area contributed by atoms with Crippen LogP contribution in [-0.2, 0) is 18.3 Å². The highest BCUT2D eigenvalue weighted by atomic mass is 19.1. The fraction of sp³-hybridized carbons (Fsp3) is 0.158. The highest BCUT2D eigenvalue weighted by Crippen LogP contribution is 2.29. The van der Waals surface area contributed by atoms with Gasteiger partial charge in [-0.05, 0) is 30.3 Å². The number of carbonyl (C=O) groups is 1. The van der Waals surface area contributed by atoms with Crippen LogP contribution in [0.15, 0.2) is 47.5 Å². The molecule has 4 rings (SSSR count). The Morgan fingerprint density at radius 1 is 1.30 bits per heavy atom. The van der Waals surface area contributed by atoms with Crippen molar-refractivity contribution in [1.29, 1.82) is 0 Å². The molecule has 0 aliphatic carbocycles. The van der Waals surface area contributed by atoms with E-state index in [1.807, 2.05) is 0 Å². The van der Waals surface area contributed by atoms with E-state index in [4.69, 9.17) is 0 Å². The van der Waals surface area contributed by atoms with Gasteiger partial charge in [0.1, 0.15) is 11.3 Å². The van der Waals surface area contributed by atoms with E-state index in [2.05, 4.69) is 15.4 Å². The van der Waals surface area contributed by atoms with Gasteiger partial charge in [0.05, 0.1) is 29.5 Å². The zero-order valence-corrected chi connectivity index (χ0v) is 14.7. The van der Waals surface area contributed by atoms with E-state index in [1.165, 1.54) is 30.1 Å². The summed E-state index contributed by atoms with van der Waals surface area (Å²) >= 11 is 0. The van der Waals surface area contributed by atoms with Gasteiger partial charge in [0.15, 0.2) is 0 Å². The zero-order valence-electron chi connectivity index (χ0n) is 14.7. The van der Waals surface area contributed by atoms with Gasteiger partial charge in [-0.2, -0.15) is 9.78 Å². The summed E-state index contributed by atoms with van der Waals surface area (Å²) in [6.07, 6.45) is 3.11. The molecule has 0 aliphatic rings. The smallest absolute Gasteiger partial charge is 0.296 e. The molecule has 1 amide bonds. The molecule has 3 aromatic heterocycles. The second kappa shape index (κ2) is 6.31. The van der Waals surface area contributed by atoms with Gasteiger partial charge in [0.2, 0.25) is 5.91 Å². The molecule has 7 nitrogen and oxygen atoms in total. The minimum absolute atomic E-state index is 0.00989. The molecule has 0 aliphatic heterocycles. The average molecular weight is 365 g/mol. The number of likely N-dealkylation sites (N-methyl/N-ethyl adjacent to an activating group) is 1. The molecule has 4 aromatic rings. The lowest BCUT2D eigenvalue weighted by molar-refractivity contribution is -0.120. The third-order valence-electron chi connectivity index (χ3n) is 4.56. The van der Waals surface area contributed by atoms with Crippen LogP contribution in [0.2, 0.25) is 0 Å². The summed E-state index contributed by atoms with van der Waals surface area (Å²) in [5.74, 6) is -0.638. The van der Waals surface area contributed by atoms with E-state index in [9.17, 15) is 14.0 Å². The summed E-state index contributed by atoms with van der Waals surface area (Å²) in [4.78, 5) is 29.2. The number of halogens is 1. The maximum atomic E-state index is 13.8. The van der Waals surface area contributed by atoms with Gasteiger partial charge in [-0.15, -0.1) is 0 Å². The molecule has 0 bridgehead atoms. The lowest BCUT2D eigenvalue weighted by atomic mass is 10.1. The number of nitrogens with one attached hydrogen (secondary N) is 1. The van der Waals surface area contributed by atoms with Gasteiger partial charge in [-0.25, -0.2) is 4.39 Å². The van der Waals surface area contributed by atoms with Crippen LogP contribution in [0.1, 0.15) is 5.69 Å². The van der Waals surface area contributed by atoms with Crippen molar-refractivity contribution in [3.63, 3.8) is 0 Å². The topological polar surface area (TPSA) is 81.8 Å². The lowest BCUT2D eigenvalue weighted by Gasteiger charge is -2.09. The summed E-state index contributed by atoms with van der Waals surface area (Å²) in [6, 6.07) is 7.71. The average Bonchev–Trinajstić information content (AvgIpc) is 2.97. The molecule has 0 fully saturated rings. The Balaban J connectivity index is 2.16. The van der Waals surface area contributed by atoms with Gasteiger partial charge in [-0.1, -0.05) is 0 Å². The SMILES string of the molecule is CNC(=O)Cc1nn(-c2cccnc2)c(=O)c2c1c1ccc(F)cc1n2C. The van der Waals surface area contributed by atoms with Crippen molar-refractivity contribution in [3.8, 4) is 5.69 Å². The first kappa shape index (κ1) is 16.9. The number of rotatable bonds is 3. The Hall–Kier alpha value is -3.55. The van der Waals surface area contributed by atoms with Gasteiger partial charge in [-0.3, -0.25) is 14.6 Å². The van der Waals surface area contributed by atoms with Crippen LogP contribution in [0.25, 0.3) is 27.5 Å². The number of aryl methyl sites for hydroxylation is 1. The molecular weight excluding hydrogens is 349 g/mol. The standard InChI is InChI=1S/C19H16FN5O2/c1-21-16(26)9-14-17-13-6-5-11(20)8-15(13)24(2)18(17)19(27)25(23-14)12-4-3-7-22-10-12/h3-8,10H,9H2,1-2H3,(H,21,26). The fourth-order valence-electron chi connectivity index (χ4n) is 3.29. The highest BCUT2D eigenvalue weighted by Gasteiger charge is 2.21. The van der Waals surface area contributed by atoms with Crippen molar-refractivity contribution in [2.45, 2.75) is 6.42 Å². The number of hydrogen-bond acceptors (Lipinski definition) is 4. The highest BCUT2D eigenvalue weighted by molar-refractivity contribution is 6.09. The van der Waals surface area contributed by atoms with Crippen LogP contribution in [0.5, 0.6) is 0 Å². The predicted octanol–water partition coefficient (Wildman–Crippen LogP) is 1.70. The minimum atomic E-state index is -0.401. The van der Waals surface area contributed by atoms with E-state index >= 15 is 0 Å². The Kier molecular flexibility index (Phi) is 3.95. The summed E-state index contributed by atoms with van der Waals surface area (Å²) in [7, 11) is 3.23. The lowest BCUT2D eigenvalue weighted by Crippen LogP contribution is -2.27. The van der Waals surface area contributed by atoms with Crippen LogP contribution in [-0.4, -0.2) is 32.3 Å². The second-order valence-electron chi connectivity index (χ2n) is 6.17. The number of fused-ring (bicyclic) bond motifs is 3. The first-order valence-electron chi connectivity index (χ1n) is 8.32. The second-order valence-corrected chi connectivity index (χ2v) is 6.17. The third-order valence-corrected chi connectivity index (χ3v) is 4.56. The van der Waals surface area contributed by atoms with Crippen LogP contribution in [0.3, 0.4) is 0 Å². The summed E-state index contributed by atoms with van der Waals surface area (Å²) < 4.78 is 16.6. The minimum Gasteiger partial charge on any atom is -0.359 e. The van der Waals surface area contributed by atoms with E-state index < -0.39 is 5.82 Å². The van der Waals surface area contributed by atoms with Gasteiger partial charge in [0.25, 0.3) is 5.56 Å². The van der Waals surface area contributed by atoms with Gasteiger partial charge < -0.3 is 9.88 Å². The Morgan fingerprint density at radius 2 is 2.11 bits per heavy atom. The van der Waals surface area contributed by atoms with Crippen molar-refractivity contribution < 1.29 is 9.18 Å². The number of aromatic nitrogens is 4. The quantitative estimate of drug-likeness (QED) is 0.599. The molecule has 1 aromatic carbocycles. The molecule has 136 valence electrons. The molecule has 0 saturated heterocycles. The number of amides is 1. The number of hydrogen-bond donors (Lipinski definition) is 1. The van der Waals surface area contributed by atoms with Crippen molar-refractivity contribution in [3.05, 3.63) is 64.6 Å². The van der Waals surface area contributed by atoms with Crippen molar-refractivity contribution in [2.75, 3.05) is 7.05 Å². The number of nitrogens with zero attached hydrogens (tertiary/aromatic N) is 4. The fourth-order valence-corrected chi connectivity index (χ4v) is 3.29. The molecule has 0 atom stereocenters. The number of pyridine rings is 1. The molecule has 0 spiro atoms. The van der Waals surface area contributed by atoms with Gasteiger partial charge >= 0.3 is 0 Å². The normalized spacial score (nSPS) is 11.2. The van der Waals surface area contributed by atoms with E-state index in [0.29, 0.717) is 33.2 Å². The molecular formula is C19H16FN5O2. The zero-order chi connectivity index (χ0) is 19.1. The largest absolute Gasteiger partial charge is 0.359 e. The number of carbonyl (C=O) groups excluding carboxylic acids is 1. The molecule has 3 heterocycles. The maximum absolute atomic E-state index is 13.8. The van der Waals surface area contributed by atoms with E-state index in [-0.39, 0.29) is 17.9 Å². The monoisotopic (exact) mass is 365 g/mol. The Morgan fingerprint density at radius 3 is 2.81 bits per heavy atom. The molecule has 8 heteroatoms. The van der Waals surface area contributed by atoms with Crippen LogP contribution in [0, 0.1) is 5.82 Å². The summed E-state index contributed by atoms with van der Waals surface area (Å²) in [6.45, 7) is 0. The maximum Gasteiger partial charge on any atom is 0.296 e. The molecule has 27 heavy (non-hydrogen) atoms. The third kappa shape index (κ3) is 2.66. The summed E-state index contributed by atoms with van der Waals surface area (Å²) in [5, 5.41) is 8.24. The van der Waals surface area contributed by atoms with Crippen LogP contribution < -0.4 is 10.9 Å². The molecule has 0 radical (unpaired) electrons. The summed E-state index contributed by atoms with van der Waals surface area (Å²) in [5.41, 5.74) is 1.47. The predicted molar refractivity (Wildman–Crippen MR) is 99.3 cm³/mol. The van der Waals surface area contributed by atoms with Crippen LogP contribution >= 0.6 is 0 Å². The van der Waals surface area contributed by atoms with Crippen molar-refractivity contribution in [1.82, 2.24) is 24.6 Å². The first-order chi connectivity index (χ1) is 13.0. The van der Waals surface area contributed by atoms with Crippen molar-refractivity contribution >= 4 is 27.7 Å². The molecule has 1 N–H and O–H groups in total. The van der Waals surface area contributed by atoms with Crippen molar-refractivity contribution in [2.24, 2.45) is 7.05 Å².